The number of piperidine rings is 1. The van der Waals surface area contributed by atoms with E-state index in [1.165, 1.54) is 6.54 Å². The molecule has 5 heteroatoms. The fraction of sp³-hybridized carbons (Fsp3) is 0.938. The van der Waals surface area contributed by atoms with Crippen LogP contribution in [0.2, 0.25) is 0 Å². The molecule has 1 unspecified atom stereocenters. The van der Waals surface area contributed by atoms with Crippen LogP contribution in [0.15, 0.2) is 0 Å². The van der Waals surface area contributed by atoms with E-state index in [1.54, 1.807) is 0 Å². The van der Waals surface area contributed by atoms with Crippen molar-refractivity contribution in [2.24, 2.45) is 17.6 Å². The molecule has 5 nitrogen and oxygen atoms in total. The van der Waals surface area contributed by atoms with Crippen LogP contribution in [-0.4, -0.2) is 68.2 Å². The zero-order valence-electron chi connectivity index (χ0n) is 13.4. The Morgan fingerprint density at radius 2 is 1.90 bits per heavy atom. The number of carbonyl (C=O) groups is 1. The highest BCUT2D eigenvalue weighted by molar-refractivity contribution is 5.76. The molecular formula is C16H31N3O2. The van der Waals surface area contributed by atoms with Crippen molar-refractivity contribution in [1.29, 1.82) is 0 Å². The Balaban J connectivity index is 1.64. The Labute approximate surface area is 128 Å². The fourth-order valence-corrected chi connectivity index (χ4v) is 3.16. The monoisotopic (exact) mass is 297 g/mol. The van der Waals surface area contributed by atoms with Gasteiger partial charge in [-0.05, 0) is 37.6 Å². The molecule has 0 aliphatic carbocycles. The summed E-state index contributed by atoms with van der Waals surface area (Å²) in [4.78, 5) is 16.7. The summed E-state index contributed by atoms with van der Waals surface area (Å²) in [6.45, 7) is 9.71. The van der Waals surface area contributed by atoms with E-state index in [-0.39, 0.29) is 0 Å². The maximum atomic E-state index is 12.2. The second-order valence-corrected chi connectivity index (χ2v) is 6.62. The molecule has 0 saturated carbocycles. The summed E-state index contributed by atoms with van der Waals surface area (Å²) in [7, 11) is 0. The third-order valence-electron chi connectivity index (χ3n) is 4.84. The summed E-state index contributed by atoms with van der Waals surface area (Å²) < 4.78 is 5.39. The van der Waals surface area contributed by atoms with E-state index in [0.29, 0.717) is 24.8 Å². The number of carbonyl (C=O) groups excluding carboxylic acids is 1. The minimum absolute atomic E-state index is 0.320. The molecule has 122 valence electrons. The van der Waals surface area contributed by atoms with Gasteiger partial charge in [-0.1, -0.05) is 6.92 Å². The number of likely N-dealkylation sites (tertiary alicyclic amines) is 1. The Morgan fingerprint density at radius 1 is 1.24 bits per heavy atom. The number of hydrogen-bond donors (Lipinski definition) is 1. The maximum Gasteiger partial charge on any atom is 0.222 e. The lowest BCUT2D eigenvalue weighted by Gasteiger charge is -2.36. The topological polar surface area (TPSA) is 58.8 Å². The number of ether oxygens (including phenoxy) is 1. The molecule has 2 rings (SSSR count). The van der Waals surface area contributed by atoms with Gasteiger partial charge >= 0.3 is 0 Å². The van der Waals surface area contributed by atoms with Gasteiger partial charge in [0.1, 0.15) is 0 Å². The smallest absolute Gasteiger partial charge is 0.222 e. The molecule has 1 amide bonds. The first-order valence-electron chi connectivity index (χ1n) is 8.47. The SMILES string of the molecule is CC(CN)CCC(=O)N1CCC(CN2CCOCC2)CC1. The van der Waals surface area contributed by atoms with Crippen LogP contribution in [0.4, 0.5) is 0 Å². The highest BCUT2D eigenvalue weighted by atomic mass is 16.5. The molecule has 0 spiro atoms. The summed E-state index contributed by atoms with van der Waals surface area (Å²) in [6, 6.07) is 0. The third kappa shape index (κ3) is 5.57. The normalized spacial score (nSPS) is 23.2. The molecular weight excluding hydrogens is 266 g/mol. The first-order chi connectivity index (χ1) is 10.2. The van der Waals surface area contributed by atoms with Crippen LogP contribution in [0.5, 0.6) is 0 Å². The molecule has 21 heavy (non-hydrogen) atoms. The highest BCUT2D eigenvalue weighted by Crippen LogP contribution is 2.20. The van der Waals surface area contributed by atoms with Gasteiger partial charge in [-0.2, -0.15) is 0 Å². The Kier molecular flexibility index (Phi) is 6.93. The molecule has 2 fully saturated rings. The van der Waals surface area contributed by atoms with Crippen LogP contribution >= 0.6 is 0 Å². The lowest BCUT2D eigenvalue weighted by atomic mass is 9.95. The average molecular weight is 297 g/mol. The lowest BCUT2D eigenvalue weighted by molar-refractivity contribution is -0.133. The van der Waals surface area contributed by atoms with Gasteiger partial charge in [0.2, 0.25) is 5.91 Å². The molecule has 1 atom stereocenters. The quantitative estimate of drug-likeness (QED) is 0.792. The highest BCUT2D eigenvalue weighted by Gasteiger charge is 2.24. The van der Waals surface area contributed by atoms with Crippen molar-refractivity contribution >= 4 is 5.91 Å². The largest absolute Gasteiger partial charge is 0.379 e. The van der Waals surface area contributed by atoms with Gasteiger partial charge in [0.05, 0.1) is 13.2 Å². The number of rotatable bonds is 6. The van der Waals surface area contributed by atoms with E-state index in [0.717, 1.165) is 64.6 Å². The Hall–Kier alpha value is -0.650. The summed E-state index contributed by atoms with van der Waals surface area (Å²) >= 11 is 0. The van der Waals surface area contributed by atoms with Crippen LogP contribution in [0.3, 0.4) is 0 Å². The fourth-order valence-electron chi connectivity index (χ4n) is 3.16. The average Bonchev–Trinajstić information content (AvgIpc) is 2.54. The summed E-state index contributed by atoms with van der Waals surface area (Å²) in [5, 5.41) is 0. The number of amides is 1. The van der Waals surface area contributed by atoms with Gasteiger partial charge in [-0.3, -0.25) is 9.69 Å². The van der Waals surface area contributed by atoms with Crippen molar-refractivity contribution in [2.45, 2.75) is 32.6 Å². The van der Waals surface area contributed by atoms with Crippen LogP contribution in [0, 0.1) is 11.8 Å². The standard InChI is InChI=1S/C16H31N3O2/c1-14(12-17)2-3-16(20)19-6-4-15(5-7-19)13-18-8-10-21-11-9-18/h14-15H,2-13,17H2,1H3. The summed E-state index contributed by atoms with van der Waals surface area (Å²) in [5.74, 6) is 1.52. The zero-order chi connectivity index (χ0) is 15.1. The summed E-state index contributed by atoms with van der Waals surface area (Å²) in [6.07, 6.45) is 3.88. The van der Waals surface area contributed by atoms with Crippen molar-refractivity contribution in [2.75, 3.05) is 52.5 Å². The van der Waals surface area contributed by atoms with E-state index in [2.05, 4.69) is 16.7 Å². The van der Waals surface area contributed by atoms with E-state index in [4.69, 9.17) is 10.5 Å². The van der Waals surface area contributed by atoms with Crippen LogP contribution < -0.4 is 5.73 Å². The van der Waals surface area contributed by atoms with Crippen molar-refractivity contribution in [1.82, 2.24) is 9.80 Å². The molecule has 0 bridgehead atoms. The minimum atomic E-state index is 0.320. The molecule has 0 radical (unpaired) electrons. The molecule has 2 saturated heterocycles. The van der Waals surface area contributed by atoms with Crippen molar-refractivity contribution < 1.29 is 9.53 Å². The van der Waals surface area contributed by atoms with Gasteiger partial charge in [-0.25, -0.2) is 0 Å². The predicted molar refractivity (Wildman–Crippen MR) is 84.0 cm³/mol. The molecule has 2 aliphatic rings. The number of morpholine rings is 1. The van der Waals surface area contributed by atoms with Gasteiger partial charge in [0.25, 0.3) is 0 Å². The van der Waals surface area contributed by atoms with Crippen LogP contribution in [0.25, 0.3) is 0 Å². The van der Waals surface area contributed by atoms with Crippen molar-refractivity contribution in [3.05, 3.63) is 0 Å². The minimum Gasteiger partial charge on any atom is -0.379 e. The van der Waals surface area contributed by atoms with Gasteiger partial charge < -0.3 is 15.4 Å². The van der Waals surface area contributed by atoms with E-state index >= 15 is 0 Å². The second-order valence-electron chi connectivity index (χ2n) is 6.62. The Morgan fingerprint density at radius 3 is 2.52 bits per heavy atom. The van der Waals surface area contributed by atoms with Gasteiger partial charge in [0.15, 0.2) is 0 Å². The van der Waals surface area contributed by atoms with Crippen molar-refractivity contribution in [3.63, 3.8) is 0 Å². The number of nitrogens with two attached hydrogens (primary N) is 1. The van der Waals surface area contributed by atoms with E-state index in [1.807, 2.05) is 0 Å². The van der Waals surface area contributed by atoms with Crippen LogP contribution in [-0.2, 0) is 9.53 Å². The molecule has 0 aromatic heterocycles. The first kappa shape index (κ1) is 16.7. The second kappa shape index (κ2) is 8.71. The molecule has 0 aromatic rings. The van der Waals surface area contributed by atoms with E-state index in [9.17, 15) is 4.79 Å². The number of nitrogens with zero attached hydrogens (tertiary/aromatic N) is 2. The Bertz CT molecular complexity index is 311. The lowest BCUT2D eigenvalue weighted by Crippen LogP contribution is -2.44. The first-order valence-corrected chi connectivity index (χ1v) is 8.47. The van der Waals surface area contributed by atoms with Gasteiger partial charge in [0, 0.05) is 39.1 Å². The van der Waals surface area contributed by atoms with Crippen molar-refractivity contribution in [3.8, 4) is 0 Å². The predicted octanol–water partition coefficient (Wildman–Crippen LogP) is 0.932. The van der Waals surface area contributed by atoms with Crippen LogP contribution in [0.1, 0.15) is 32.6 Å². The van der Waals surface area contributed by atoms with E-state index < -0.39 is 0 Å². The zero-order valence-corrected chi connectivity index (χ0v) is 13.4. The van der Waals surface area contributed by atoms with Gasteiger partial charge in [-0.15, -0.1) is 0 Å². The molecule has 2 aliphatic heterocycles. The number of hydrogen-bond acceptors (Lipinski definition) is 4. The third-order valence-corrected chi connectivity index (χ3v) is 4.84. The molecule has 2 N–H and O–H groups in total. The maximum absolute atomic E-state index is 12.2. The molecule has 2 heterocycles. The molecule has 0 aromatic carbocycles. The summed E-state index contributed by atoms with van der Waals surface area (Å²) in [5.41, 5.74) is 5.61.